The third kappa shape index (κ3) is 1.28. The first-order valence-corrected chi connectivity index (χ1v) is 4.06. The number of hydrogen-bond acceptors (Lipinski definition) is 3. The summed E-state index contributed by atoms with van der Waals surface area (Å²) in [5, 5.41) is 0.977. The van der Waals surface area contributed by atoms with E-state index in [9.17, 15) is 0 Å². The van der Waals surface area contributed by atoms with E-state index in [4.69, 9.17) is 0 Å². The summed E-state index contributed by atoms with van der Waals surface area (Å²) in [4.78, 5) is 4.09. The van der Waals surface area contributed by atoms with Gasteiger partial charge in [0.1, 0.15) is 11.3 Å². The van der Waals surface area contributed by atoms with Gasteiger partial charge < -0.3 is 0 Å². The molecule has 0 radical (unpaired) electrons. The van der Waals surface area contributed by atoms with Crippen molar-refractivity contribution in [3.63, 3.8) is 0 Å². The Morgan fingerprint density at radius 2 is 1.91 bits per heavy atom. The molecule has 11 heavy (non-hydrogen) atoms. The lowest BCUT2D eigenvalue weighted by atomic mass is 10.2. The largest absolute Gasteiger partial charge is 0.223 e. The van der Waals surface area contributed by atoms with Gasteiger partial charge in [0.2, 0.25) is 0 Å². The second-order valence-electron chi connectivity index (χ2n) is 2.11. The molecule has 0 bridgehead atoms. The van der Waals surface area contributed by atoms with Gasteiger partial charge in [-0.15, -0.1) is 0 Å². The smallest absolute Gasteiger partial charge is 0.143 e. The van der Waals surface area contributed by atoms with Gasteiger partial charge >= 0.3 is 0 Å². The van der Waals surface area contributed by atoms with Crippen molar-refractivity contribution in [2.75, 3.05) is 0 Å². The first kappa shape index (κ1) is 6.49. The van der Waals surface area contributed by atoms with Crippen LogP contribution in [0.4, 0.5) is 0 Å². The van der Waals surface area contributed by atoms with Crippen molar-refractivity contribution in [1.29, 1.82) is 0 Å². The van der Waals surface area contributed by atoms with E-state index in [0.717, 1.165) is 10.6 Å². The molecule has 1 aromatic carbocycles. The average molecular weight is 163 g/mol. The fourth-order valence-electron chi connectivity index (χ4n) is 0.881. The summed E-state index contributed by atoms with van der Waals surface area (Å²) in [6, 6.07) is 10.0. The van der Waals surface area contributed by atoms with E-state index in [1.807, 2.05) is 30.3 Å². The van der Waals surface area contributed by atoms with Crippen LogP contribution in [-0.2, 0) is 0 Å². The molecule has 1 aromatic heterocycles. The molecule has 0 saturated heterocycles. The number of rotatable bonds is 1. The van der Waals surface area contributed by atoms with Gasteiger partial charge in [-0.3, -0.25) is 0 Å². The van der Waals surface area contributed by atoms with E-state index in [-0.39, 0.29) is 0 Å². The van der Waals surface area contributed by atoms with Crippen molar-refractivity contribution in [2.24, 2.45) is 0 Å². The Bertz CT molecular complexity index is 315. The molecule has 2 nitrogen and oxygen atoms in total. The van der Waals surface area contributed by atoms with Gasteiger partial charge in [0.05, 0.1) is 0 Å². The predicted octanol–water partition coefficient (Wildman–Crippen LogP) is 2.21. The van der Waals surface area contributed by atoms with E-state index >= 15 is 0 Å². The van der Waals surface area contributed by atoms with Gasteiger partial charge in [0.25, 0.3) is 0 Å². The van der Waals surface area contributed by atoms with Crippen LogP contribution in [0.5, 0.6) is 0 Å². The Kier molecular flexibility index (Phi) is 1.65. The van der Waals surface area contributed by atoms with E-state index in [0.29, 0.717) is 0 Å². The maximum Gasteiger partial charge on any atom is 0.143 e. The molecule has 2 aromatic rings. The SMILES string of the molecule is c1ccc(-c2nc[15n]s2)cc1. The van der Waals surface area contributed by atoms with Crippen LogP contribution in [-0.4, -0.2) is 9.36 Å². The highest BCUT2D eigenvalue weighted by Crippen LogP contribution is 2.18. The highest BCUT2D eigenvalue weighted by atomic mass is 32.1. The molecular weight excluding hydrogens is 157 g/mol. The van der Waals surface area contributed by atoms with Crippen molar-refractivity contribution in [3.8, 4) is 10.6 Å². The average Bonchev–Trinajstić information content (AvgIpc) is 2.58. The minimum atomic E-state index is 0.977. The van der Waals surface area contributed by atoms with Crippen LogP contribution in [0.1, 0.15) is 0 Å². The zero-order valence-corrected chi connectivity index (χ0v) is 6.58. The molecule has 0 saturated carbocycles. The summed E-state index contributed by atoms with van der Waals surface area (Å²) in [5.41, 5.74) is 1.13. The van der Waals surface area contributed by atoms with Crippen molar-refractivity contribution in [3.05, 3.63) is 36.7 Å². The highest BCUT2D eigenvalue weighted by molar-refractivity contribution is 7.09. The van der Waals surface area contributed by atoms with Crippen LogP contribution < -0.4 is 0 Å². The molecule has 2 rings (SSSR count). The monoisotopic (exact) mass is 163 g/mol. The van der Waals surface area contributed by atoms with Crippen LogP contribution in [0.2, 0.25) is 0 Å². The summed E-state index contributed by atoms with van der Waals surface area (Å²) in [5.74, 6) is 0. The fraction of sp³-hybridized carbons (Fsp3) is 0. The summed E-state index contributed by atoms with van der Waals surface area (Å²) in [6.07, 6.45) is 1.58. The summed E-state index contributed by atoms with van der Waals surface area (Å²) >= 11 is 1.41. The first-order chi connectivity index (χ1) is 5.47. The molecule has 0 N–H and O–H groups in total. The normalized spacial score (nSPS) is 9.82. The molecule has 0 aliphatic heterocycles. The Hall–Kier alpha value is -1.22. The molecule has 3 heteroatoms. The van der Waals surface area contributed by atoms with Crippen molar-refractivity contribution >= 4 is 11.5 Å². The zero-order valence-electron chi connectivity index (χ0n) is 5.77. The standard InChI is InChI=1S/C8H6N2S/c1-2-4-7(5-3-1)8-9-6-10-11-8/h1-6H/i10+1. The van der Waals surface area contributed by atoms with E-state index < -0.39 is 0 Å². The molecule has 0 spiro atoms. The topological polar surface area (TPSA) is 25.8 Å². The minimum Gasteiger partial charge on any atom is -0.223 e. The first-order valence-electron chi connectivity index (χ1n) is 3.29. The third-order valence-corrected chi connectivity index (χ3v) is 2.10. The molecule has 0 fully saturated rings. The van der Waals surface area contributed by atoms with Gasteiger partial charge in [-0.2, -0.15) is 4.37 Å². The molecule has 1 heterocycles. The van der Waals surface area contributed by atoms with Crippen LogP contribution in [0.15, 0.2) is 36.7 Å². The van der Waals surface area contributed by atoms with E-state index in [1.165, 1.54) is 11.5 Å². The number of aromatic nitrogens is 2. The molecular formula is C8H6N2S. The Morgan fingerprint density at radius 3 is 2.55 bits per heavy atom. The predicted molar refractivity (Wildman–Crippen MR) is 45.3 cm³/mol. The van der Waals surface area contributed by atoms with Crippen LogP contribution in [0, 0.1) is 0 Å². The Labute approximate surface area is 68.7 Å². The maximum atomic E-state index is 4.09. The molecule has 54 valence electrons. The van der Waals surface area contributed by atoms with E-state index in [1.54, 1.807) is 6.33 Å². The van der Waals surface area contributed by atoms with E-state index in [2.05, 4.69) is 9.36 Å². The molecule has 0 amide bonds. The van der Waals surface area contributed by atoms with Gasteiger partial charge in [-0.25, -0.2) is 4.98 Å². The second kappa shape index (κ2) is 2.80. The van der Waals surface area contributed by atoms with Gasteiger partial charge in [-0.1, -0.05) is 30.3 Å². The number of benzene rings is 1. The molecule has 0 aliphatic rings. The third-order valence-electron chi connectivity index (χ3n) is 1.38. The quantitative estimate of drug-likeness (QED) is 0.644. The summed E-state index contributed by atoms with van der Waals surface area (Å²) < 4.78 is 3.93. The molecule has 0 unspecified atom stereocenters. The van der Waals surface area contributed by atoms with Gasteiger partial charge in [0, 0.05) is 5.56 Å². The Morgan fingerprint density at radius 1 is 1.09 bits per heavy atom. The van der Waals surface area contributed by atoms with Gasteiger partial charge in [-0.05, 0) is 11.5 Å². The molecule has 0 aliphatic carbocycles. The second-order valence-corrected chi connectivity index (χ2v) is 2.89. The van der Waals surface area contributed by atoms with Crippen LogP contribution in [0.25, 0.3) is 10.6 Å². The number of nitrogens with zero attached hydrogens (tertiary/aromatic N) is 2. The summed E-state index contributed by atoms with van der Waals surface area (Å²) in [6.45, 7) is 0. The van der Waals surface area contributed by atoms with Crippen molar-refractivity contribution < 1.29 is 0 Å². The summed E-state index contributed by atoms with van der Waals surface area (Å²) in [7, 11) is 0. The molecule has 0 atom stereocenters. The van der Waals surface area contributed by atoms with Crippen molar-refractivity contribution in [2.45, 2.75) is 0 Å². The highest BCUT2D eigenvalue weighted by Gasteiger charge is 1.97. The lowest BCUT2D eigenvalue weighted by Gasteiger charge is -1.90. The van der Waals surface area contributed by atoms with Gasteiger partial charge in [0.15, 0.2) is 0 Å². The zero-order chi connectivity index (χ0) is 7.52. The minimum absolute atomic E-state index is 0.977. The Balaban J connectivity index is 2.46. The number of hydrogen-bond donors (Lipinski definition) is 0. The lowest BCUT2D eigenvalue weighted by Crippen LogP contribution is -1.71. The maximum absolute atomic E-state index is 4.09. The van der Waals surface area contributed by atoms with Crippen LogP contribution in [0.3, 0.4) is 0 Å². The lowest BCUT2D eigenvalue weighted by molar-refractivity contribution is 1.33. The van der Waals surface area contributed by atoms with Crippen molar-refractivity contribution in [1.82, 2.24) is 9.36 Å². The van der Waals surface area contributed by atoms with Crippen LogP contribution >= 0.6 is 11.5 Å². The fourth-order valence-corrected chi connectivity index (χ4v) is 1.41.